The molecule has 2 heterocycles. The molecule has 13 heavy (non-hydrogen) atoms. The van der Waals surface area contributed by atoms with E-state index in [1.54, 1.807) is 18.6 Å². The lowest BCUT2D eigenvalue weighted by Gasteiger charge is -2.15. The Morgan fingerprint density at radius 2 is 2.46 bits per heavy atom. The van der Waals surface area contributed by atoms with Gasteiger partial charge in [-0.15, -0.1) is 0 Å². The van der Waals surface area contributed by atoms with Crippen LogP contribution >= 0.6 is 0 Å². The van der Waals surface area contributed by atoms with Crippen LogP contribution < -0.4 is 5.73 Å². The Kier molecular flexibility index (Phi) is 2.06. The average molecular weight is 181 g/mol. The zero-order chi connectivity index (χ0) is 9.26. The number of cyclic esters (lactones) is 1. The molecule has 0 amide bonds. The van der Waals surface area contributed by atoms with Gasteiger partial charge in [-0.2, -0.15) is 0 Å². The van der Waals surface area contributed by atoms with Crippen LogP contribution in [0.2, 0.25) is 0 Å². The second kappa shape index (κ2) is 3.22. The molecule has 0 unspecified atom stereocenters. The molecule has 1 aromatic rings. The third-order valence-electron chi connectivity index (χ3n) is 2.24. The first kappa shape index (κ1) is 8.31. The van der Waals surface area contributed by atoms with Crippen molar-refractivity contribution in [1.29, 1.82) is 0 Å². The third-order valence-corrected chi connectivity index (χ3v) is 2.24. The molecule has 0 radical (unpaired) electrons. The zero-order valence-electron chi connectivity index (χ0n) is 7.10. The summed E-state index contributed by atoms with van der Waals surface area (Å²) < 4.78 is 9.94. The van der Waals surface area contributed by atoms with E-state index in [9.17, 15) is 4.79 Å². The number of carbonyl (C=O) groups is 1. The van der Waals surface area contributed by atoms with Crippen LogP contribution in [0.3, 0.4) is 0 Å². The van der Waals surface area contributed by atoms with Crippen LogP contribution in [0.4, 0.5) is 0 Å². The third kappa shape index (κ3) is 1.58. The number of ether oxygens (including phenoxy) is 1. The molecule has 1 aliphatic heterocycles. The van der Waals surface area contributed by atoms with Gasteiger partial charge in [0.15, 0.2) is 0 Å². The summed E-state index contributed by atoms with van der Waals surface area (Å²) in [5.41, 5.74) is 6.74. The highest BCUT2D eigenvalue weighted by Gasteiger charge is 2.30. The van der Waals surface area contributed by atoms with Crippen LogP contribution in [0.5, 0.6) is 0 Å². The Morgan fingerprint density at radius 1 is 1.62 bits per heavy atom. The van der Waals surface area contributed by atoms with Gasteiger partial charge < -0.3 is 14.9 Å². The van der Waals surface area contributed by atoms with E-state index >= 15 is 0 Å². The quantitative estimate of drug-likeness (QED) is 0.691. The molecule has 0 aliphatic carbocycles. The molecule has 4 nitrogen and oxygen atoms in total. The van der Waals surface area contributed by atoms with Gasteiger partial charge in [-0.05, 0) is 12.5 Å². The Hall–Kier alpha value is -1.29. The molecule has 0 aromatic carbocycles. The molecule has 1 aliphatic rings. The fraction of sp³-hybridized carbons (Fsp3) is 0.444. The molecule has 1 fully saturated rings. The maximum absolute atomic E-state index is 10.8. The van der Waals surface area contributed by atoms with E-state index in [-0.39, 0.29) is 18.1 Å². The maximum atomic E-state index is 10.8. The number of hydrogen-bond acceptors (Lipinski definition) is 4. The molecule has 0 saturated carbocycles. The van der Waals surface area contributed by atoms with Crippen molar-refractivity contribution in [2.45, 2.75) is 25.0 Å². The molecule has 2 atom stereocenters. The smallest absolute Gasteiger partial charge is 0.306 e. The molecule has 1 saturated heterocycles. The molecule has 2 rings (SSSR count). The van der Waals surface area contributed by atoms with Crippen molar-refractivity contribution in [3.63, 3.8) is 0 Å². The molecule has 4 heteroatoms. The van der Waals surface area contributed by atoms with Crippen molar-refractivity contribution < 1.29 is 13.9 Å². The number of hydrogen-bond donors (Lipinski definition) is 1. The molecule has 70 valence electrons. The van der Waals surface area contributed by atoms with Crippen molar-refractivity contribution in [2.24, 2.45) is 5.73 Å². The van der Waals surface area contributed by atoms with Crippen molar-refractivity contribution in [2.75, 3.05) is 0 Å². The van der Waals surface area contributed by atoms with Crippen LogP contribution in [-0.2, 0) is 9.53 Å². The summed E-state index contributed by atoms with van der Waals surface area (Å²) in [7, 11) is 0. The predicted octanol–water partition coefficient (Wildman–Crippen LogP) is 0.985. The average Bonchev–Trinajstić information content (AvgIpc) is 2.72. The SMILES string of the molecule is N[C@H](c1ccoc1)[C@H]1CCC(=O)O1. The lowest BCUT2D eigenvalue weighted by Crippen LogP contribution is -2.25. The standard InChI is InChI=1S/C9H11NO3/c10-9(6-3-4-12-5-6)7-1-2-8(11)13-7/h3-5,7,9H,1-2,10H2/t7-,9-/m1/s1. The normalized spacial score (nSPS) is 24.4. The van der Waals surface area contributed by atoms with E-state index in [4.69, 9.17) is 14.9 Å². The van der Waals surface area contributed by atoms with E-state index in [2.05, 4.69) is 0 Å². The van der Waals surface area contributed by atoms with E-state index < -0.39 is 0 Å². The van der Waals surface area contributed by atoms with Gasteiger partial charge in [0.05, 0.1) is 18.6 Å². The van der Waals surface area contributed by atoms with E-state index in [1.807, 2.05) is 0 Å². The number of rotatable bonds is 2. The fourth-order valence-electron chi connectivity index (χ4n) is 1.48. The first-order valence-electron chi connectivity index (χ1n) is 4.24. The van der Waals surface area contributed by atoms with Crippen LogP contribution in [0, 0.1) is 0 Å². The Balaban J connectivity index is 2.05. The predicted molar refractivity (Wildman–Crippen MR) is 44.8 cm³/mol. The topological polar surface area (TPSA) is 65.5 Å². The Labute approximate surface area is 75.7 Å². The van der Waals surface area contributed by atoms with Crippen molar-refractivity contribution in [1.82, 2.24) is 0 Å². The number of carbonyl (C=O) groups excluding carboxylic acids is 1. The summed E-state index contributed by atoms with van der Waals surface area (Å²) in [6.07, 6.45) is 4.12. The molecule has 0 bridgehead atoms. The lowest BCUT2D eigenvalue weighted by molar-refractivity contribution is -0.142. The highest BCUT2D eigenvalue weighted by atomic mass is 16.5. The van der Waals surface area contributed by atoms with Gasteiger partial charge >= 0.3 is 5.97 Å². The van der Waals surface area contributed by atoms with E-state index in [0.29, 0.717) is 12.8 Å². The minimum atomic E-state index is -0.259. The van der Waals surface area contributed by atoms with Crippen molar-refractivity contribution in [3.05, 3.63) is 24.2 Å². The van der Waals surface area contributed by atoms with Gasteiger partial charge in [-0.1, -0.05) is 0 Å². The van der Waals surface area contributed by atoms with E-state index in [1.165, 1.54) is 0 Å². The van der Waals surface area contributed by atoms with Crippen LogP contribution in [0.25, 0.3) is 0 Å². The first-order chi connectivity index (χ1) is 6.27. The monoisotopic (exact) mass is 181 g/mol. The number of esters is 1. The van der Waals surface area contributed by atoms with Crippen LogP contribution in [0.15, 0.2) is 23.0 Å². The van der Waals surface area contributed by atoms with Gasteiger partial charge in [0.25, 0.3) is 0 Å². The second-order valence-corrected chi connectivity index (χ2v) is 3.15. The van der Waals surface area contributed by atoms with Gasteiger partial charge in [-0.3, -0.25) is 4.79 Å². The van der Waals surface area contributed by atoms with Gasteiger partial charge in [0, 0.05) is 12.0 Å². The molecule has 2 N–H and O–H groups in total. The van der Waals surface area contributed by atoms with Gasteiger partial charge in [-0.25, -0.2) is 0 Å². The molecule has 0 spiro atoms. The summed E-state index contributed by atoms with van der Waals surface area (Å²) in [4.78, 5) is 10.8. The molecule has 1 aromatic heterocycles. The van der Waals surface area contributed by atoms with Crippen LogP contribution in [0.1, 0.15) is 24.4 Å². The first-order valence-corrected chi connectivity index (χ1v) is 4.24. The van der Waals surface area contributed by atoms with Gasteiger partial charge in [0.2, 0.25) is 0 Å². The summed E-state index contributed by atoms with van der Waals surface area (Å²) in [5, 5.41) is 0. The maximum Gasteiger partial charge on any atom is 0.306 e. The largest absolute Gasteiger partial charge is 0.472 e. The number of furan rings is 1. The van der Waals surface area contributed by atoms with Crippen molar-refractivity contribution >= 4 is 5.97 Å². The van der Waals surface area contributed by atoms with E-state index in [0.717, 1.165) is 5.56 Å². The fourth-order valence-corrected chi connectivity index (χ4v) is 1.48. The highest BCUT2D eigenvalue weighted by molar-refractivity contribution is 5.71. The molecular weight excluding hydrogens is 170 g/mol. The van der Waals surface area contributed by atoms with Crippen molar-refractivity contribution in [3.8, 4) is 0 Å². The summed E-state index contributed by atoms with van der Waals surface area (Å²) >= 11 is 0. The zero-order valence-corrected chi connectivity index (χ0v) is 7.10. The Morgan fingerprint density at radius 3 is 3.00 bits per heavy atom. The minimum absolute atomic E-state index is 0.163. The van der Waals surface area contributed by atoms with Gasteiger partial charge in [0.1, 0.15) is 6.10 Å². The second-order valence-electron chi connectivity index (χ2n) is 3.15. The Bertz CT molecular complexity index is 294. The molecular formula is C9H11NO3. The highest BCUT2D eigenvalue weighted by Crippen LogP contribution is 2.25. The lowest BCUT2D eigenvalue weighted by atomic mass is 10.0. The summed E-state index contributed by atoms with van der Waals surface area (Å²) in [5.74, 6) is -0.163. The summed E-state index contributed by atoms with van der Waals surface area (Å²) in [6.45, 7) is 0. The number of nitrogens with two attached hydrogens (primary N) is 1. The minimum Gasteiger partial charge on any atom is -0.472 e. The summed E-state index contributed by atoms with van der Waals surface area (Å²) in [6, 6.07) is 1.53. The van der Waals surface area contributed by atoms with Crippen LogP contribution in [-0.4, -0.2) is 12.1 Å².